The van der Waals surface area contributed by atoms with Gasteiger partial charge in [0.2, 0.25) is 0 Å². The van der Waals surface area contributed by atoms with Crippen LogP contribution >= 0.6 is 0 Å². The van der Waals surface area contributed by atoms with E-state index in [1.165, 1.54) is 26.0 Å². The quantitative estimate of drug-likeness (QED) is 0.531. The van der Waals surface area contributed by atoms with Crippen LogP contribution in [-0.2, 0) is 9.53 Å². The van der Waals surface area contributed by atoms with E-state index in [0.717, 1.165) is 25.3 Å². The maximum Gasteiger partial charge on any atom is 0.332 e. The summed E-state index contributed by atoms with van der Waals surface area (Å²) in [4.78, 5) is 10.9. The third-order valence-electron chi connectivity index (χ3n) is 2.60. The standard InChI is InChI=1S/C11H20N2O2/c1-9(6-11(14)15-2)13-8-10-4-3-5-12-7-10/h6,10,12-13H,3-5,7-8H2,1-2H3. The first-order chi connectivity index (χ1) is 7.22. The third-order valence-corrected chi connectivity index (χ3v) is 2.60. The molecule has 2 N–H and O–H groups in total. The zero-order valence-corrected chi connectivity index (χ0v) is 9.51. The molecular weight excluding hydrogens is 192 g/mol. The van der Waals surface area contributed by atoms with E-state index in [0.29, 0.717) is 5.92 Å². The second kappa shape index (κ2) is 6.45. The van der Waals surface area contributed by atoms with Crippen LogP contribution in [0.5, 0.6) is 0 Å². The van der Waals surface area contributed by atoms with Gasteiger partial charge in [-0.15, -0.1) is 0 Å². The lowest BCUT2D eigenvalue weighted by atomic mass is 10.00. The van der Waals surface area contributed by atoms with E-state index in [4.69, 9.17) is 0 Å². The highest BCUT2D eigenvalue weighted by molar-refractivity contribution is 5.82. The van der Waals surface area contributed by atoms with E-state index in [2.05, 4.69) is 15.4 Å². The molecule has 1 fully saturated rings. The van der Waals surface area contributed by atoms with Crippen molar-refractivity contribution in [3.05, 3.63) is 11.8 Å². The minimum absolute atomic E-state index is 0.304. The first-order valence-electron chi connectivity index (χ1n) is 5.43. The summed E-state index contributed by atoms with van der Waals surface area (Å²) in [7, 11) is 1.39. The number of allylic oxidation sites excluding steroid dienone is 1. The Bertz CT molecular complexity index is 233. The monoisotopic (exact) mass is 212 g/mol. The summed E-state index contributed by atoms with van der Waals surface area (Å²) in [6.07, 6.45) is 3.98. The van der Waals surface area contributed by atoms with Gasteiger partial charge >= 0.3 is 5.97 Å². The summed E-state index contributed by atoms with van der Waals surface area (Å²) in [5, 5.41) is 6.60. The number of ether oxygens (including phenoxy) is 1. The van der Waals surface area contributed by atoms with Crippen LogP contribution in [0.3, 0.4) is 0 Å². The molecule has 0 bridgehead atoms. The van der Waals surface area contributed by atoms with Crippen molar-refractivity contribution in [3.63, 3.8) is 0 Å². The number of hydrogen-bond acceptors (Lipinski definition) is 4. The molecule has 4 heteroatoms. The minimum atomic E-state index is -0.304. The molecule has 1 atom stereocenters. The van der Waals surface area contributed by atoms with Crippen LogP contribution in [0.2, 0.25) is 0 Å². The maximum absolute atomic E-state index is 10.9. The smallest absolute Gasteiger partial charge is 0.332 e. The molecule has 0 aromatic heterocycles. The molecule has 0 radical (unpaired) electrons. The van der Waals surface area contributed by atoms with Crippen LogP contribution in [0.1, 0.15) is 19.8 Å². The molecule has 0 aromatic carbocycles. The Hall–Kier alpha value is -1.03. The van der Waals surface area contributed by atoms with Crippen LogP contribution in [0, 0.1) is 5.92 Å². The first kappa shape index (κ1) is 12.0. The number of methoxy groups -OCH3 is 1. The van der Waals surface area contributed by atoms with Crippen molar-refractivity contribution >= 4 is 5.97 Å². The van der Waals surface area contributed by atoms with Gasteiger partial charge in [0, 0.05) is 18.3 Å². The van der Waals surface area contributed by atoms with E-state index in [1.807, 2.05) is 6.92 Å². The van der Waals surface area contributed by atoms with Crippen LogP contribution in [0.4, 0.5) is 0 Å². The number of piperidine rings is 1. The minimum Gasteiger partial charge on any atom is -0.466 e. The third kappa shape index (κ3) is 4.83. The fourth-order valence-corrected chi connectivity index (χ4v) is 1.69. The summed E-state index contributed by atoms with van der Waals surface area (Å²) < 4.78 is 4.55. The molecular formula is C11H20N2O2. The Morgan fingerprint density at radius 1 is 1.67 bits per heavy atom. The summed E-state index contributed by atoms with van der Waals surface area (Å²) in [6, 6.07) is 0. The van der Waals surface area contributed by atoms with Crippen LogP contribution in [-0.4, -0.2) is 32.7 Å². The van der Waals surface area contributed by atoms with Gasteiger partial charge < -0.3 is 15.4 Å². The van der Waals surface area contributed by atoms with Crippen molar-refractivity contribution in [1.29, 1.82) is 0 Å². The Balaban J connectivity index is 2.23. The topological polar surface area (TPSA) is 50.4 Å². The Labute approximate surface area is 91.1 Å². The zero-order valence-electron chi connectivity index (χ0n) is 9.51. The number of carbonyl (C=O) groups is 1. The highest BCUT2D eigenvalue weighted by Gasteiger charge is 2.12. The number of esters is 1. The van der Waals surface area contributed by atoms with Crippen molar-refractivity contribution < 1.29 is 9.53 Å². The molecule has 1 aliphatic rings. The van der Waals surface area contributed by atoms with Gasteiger partial charge in [-0.25, -0.2) is 4.79 Å². The summed E-state index contributed by atoms with van der Waals surface area (Å²) in [6.45, 7) is 5.01. The number of rotatable bonds is 4. The predicted molar refractivity (Wildman–Crippen MR) is 59.4 cm³/mol. The van der Waals surface area contributed by atoms with E-state index in [9.17, 15) is 4.79 Å². The van der Waals surface area contributed by atoms with E-state index in [-0.39, 0.29) is 5.97 Å². The molecule has 86 valence electrons. The van der Waals surface area contributed by atoms with Crippen molar-refractivity contribution in [1.82, 2.24) is 10.6 Å². The van der Waals surface area contributed by atoms with Gasteiger partial charge in [-0.2, -0.15) is 0 Å². The van der Waals surface area contributed by atoms with E-state index in [1.54, 1.807) is 0 Å². The number of hydrogen-bond donors (Lipinski definition) is 2. The normalized spacial score (nSPS) is 22.3. The van der Waals surface area contributed by atoms with Crippen LogP contribution in [0.25, 0.3) is 0 Å². The SMILES string of the molecule is COC(=O)C=C(C)NCC1CCCNC1. The first-order valence-corrected chi connectivity index (χ1v) is 5.43. The van der Waals surface area contributed by atoms with Crippen molar-refractivity contribution in [2.75, 3.05) is 26.7 Å². The molecule has 1 heterocycles. The molecule has 15 heavy (non-hydrogen) atoms. The molecule has 1 saturated heterocycles. The molecule has 0 saturated carbocycles. The second-order valence-corrected chi connectivity index (χ2v) is 3.94. The van der Waals surface area contributed by atoms with Gasteiger partial charge in [-0.1, -0.05) is 0 Å². The Morgan fingerprint density at radius 2 is 2.47 bits per heavy atom. The highest BCUT2D eigenvalue weighted by atomic mass is 16.5. The van der Waals surface area contributed by atoms with E-state index >= 15 is 0 Å². The van der Waals surface area contributed by atoms with Gasteiger partial charge in [-0.05, 0) is 38.8 Å². The number of carbonyl (C=O) groups excluding carboxylic acids is 1. The Kier molecular flexibility index (Phi) is 5.18. The molecule has 0 aliphatic carbocycles. The summed E-state index contributed by atoms with van der Waals surface area (Å²) in [5.41, 5.74) is 0.868. The lowest BCUT2D eigenvalue weighted by Crippen LogP contribution is -2.35. The highest BCUT2D eigenvalue weighted by Crippen LogP contribution is 2.08. The second-order valence-electron chi connectivity index (χ2n) is 3.94. The molecule has 1 rings (SSSR count). The van der Waals surface area contributed by atoms with Gasteiger partial charge in [0.15, 0.2) is 0 Å². The lowest BCUT2D eigenvalue weighted by Gasteiger charge is -2.23. The fraction of sp³-hybridized carbons (Fsp3) is 0.727. The zero-order chi connectivity index (χ0) is 11.1. The Morgan fingerprint density at radius 3 is 3.07 bits per heavy atom. The number of nitrogens with one attached hydrogen (secondary N) is 2. The predicted octanol–water partition coefficient (Wildman–Crippen LogP) is 0.652. The van der Waals surface area contributed by atoms with Gasteiger partial charge in [0.05, 0.1) is 7.11 Å². The lowest BCUT2D eigenvalue weighted by molar-refractivity contribution is -0.134. The average Bonchev–Trinajstić information content (AvgIpc) is 2.27. The average molecular weight is 212 g/mol. The van der Waals surface area contributed by atoms with Crippen LogP contribution in [0.15, 0.2) is 11.8 Å². The largest absolute Gasteiger partial charge is 0.466 e. The summed E-state index contributed by atoms with van der Waals surface area (Å²) >= 11 is 0. The summed E-state index contributed by atoms with van der Waals surface area (Å²) in [5.74, 6) is 0.363. The molecule has 1 aliphatic heterocycles. The molecule has 1 unspecified atom stereocenters. The van der Waals surface area contributed by atoms with Gasteiger partial charge in [0.1, 0.15) is 0 Å². The van der Waals surface area contributed by atoms with Crippen molar-refractivity contribution in [3.8, 4) is 0 Å². The van der Waals surface area contributed by atoms with E-state index < -0.39 is 0 Å². The van der Waals surface area contributed by atoms with Gasteiger partial charge in [0.25, 0.3) is 0 Å². The molecule has 0 aromatic rings. The van der Waals surface area contributed by atoms with Crippen molar-refractivity contribution in [2.24, 2.45) is 5.92 Å². The maximum atomic E-state index is 10.9. The molecule has 0 spiro atoms. The molecule has 0 amide bonds. The molecule has 4 nitrogen and oxygen atoms in total. The van der Waals surface area contributed by atoms with Gasteiger partial charge in [-0.3, -0.25) is 0 Å². The van der Waals surface area contributed by atoms with Crippen LogP contribution < -0.4 is 10.6 Å². The van der Waals surface area contributed by atoms with Crippen molar-refractivity contribution in [2.45, 2.75) is 19.8 Å². The fourth-order valence-electron chi connectivity index (χ4n) is 1.69.